The number of aromatic nitrogens is 3. The summed E-state index contributed by atoms with van der Waals surface area (Å²) in [4.78, 5) is 28.2. The molecular formula is C22H19N7O. The zero-order valence-corrected chi connectivity index (χ0v) is 16.2. The van der Waals surface area contributed by atoms with E-state index in [1.54, 1.807) is 6.07 Å². The maximum absolute atomic E-state index is 13.4. The second kappa shape index (κ2) is 7.56. The summed E-state index contributed by atoms with van der Waals surface area (Å²) in [6.45, 7) is 9.22. The molecule has 0 spiro atoms. The summed E-state index contributed by atoms with van der Waals surface area (Å²) in [5.74, 6) is 0.127. The lowest BCUT2D eigenvalue weighted by molar-refractivity contribution is 0.865. The maximum Gasteiger partial charge on any atom is 0.268 e. The number of anilines is 3. The minimum atomic E-state index is -0.497. The second-order valence-electron chi connectivity index (χ2n) is 6.80. The van der Waals surface area contributed by atoms with Gasteiger partial charge in [0.05, 0.1) is 18.3 Å². The smallest absolute Gasteiger partial charge is 0.268 e. The van der Waals surface area contributed by atoms with Crippen LogP contribution in [0.25, 0.3) is 27.0 Å². The highest BCUT2D eigenvalue weighted by molar-refractivity contribution is 5.84. The first-order chi connectivity index (χ1) is 14.5. The summed E-state index contributed by atoms with van der Waals surface area (Å²) < 4.78 is 0. The average Bonchev–Trinajstić information content (AvgIpc) is 2.74. The zero-order valence-electron chi connectivity index (χ0n) is 16.2. The van der Waals surface area contributed by atoms with Crippen LogP contribution in [0.15, 0.2) is 59.4 Å². The van der Waals surface area contributed by atoms with Crippen LogP contribution in [-0.2, 0) is 0 Å². The van der Waals surface area contributed by atoms with Crippen LogP contribution in [0.3, 0.4) is 0 Å². The van der Waals surface area contributed by atoms with Crippen LogP contribution in [0.2, 0.25) is 0 Å². The van der Waals surface area contributed by atoms with Crippen LogP contribution in [0.1, 0.15) is 18.5 Å². The lowest BCUT2D eigenvalue weighted by Gasteiger charge is -2.20. The van der Waals surface area contributed by atoms with E-state index >= 15 is 0 Å². The van der Waals surface area contributed by atoms with E-state index in [-0.39, 0.29) is 28.7 Å². The van der Waals surface area contributed by atoms with Crippen molar-refractivity contribution in [1.29, 1.82) is 0 Å². The fourth-order valence-corrected chi connectivity index (χ4v) is 3.47. The van der Waals surface area contributed by atoms with E-state index in [9.17, 15) is 4.79 Å². The van der Waals surface area contributed by atoms with Crippen molar-refractivity contribution in [2.75, 3.05) is 16.8 Å². The first-order valence-corrected chi connectivity index (χ1v) is 9.27. The molecule has 0 bridgehead atoms. The summed E-state index contributed by atoms with van der Waals surface area (Å²) in [5.41, 5.74) is 14.3. The Morgan fingerprint density at radius 3 is 2.50 bits per heavy atom. The number of pyridine rings is 1. The van der Waals surface area contributed by atoms with Crippen molar-refractivity contribution in [3.05, 3.63) is 81.8 Å². The van der Waals surface area contributed by atoms with E-state index in [0.29, 0.717) is 16.6 Å². The Balaban J connectivity index is 1.91. The topological polar surface area (TPSA) is 127 Å². The van der Waals surface area contributed by atoms with E-state index in [4.69, 9.17) is 18.0 Å². The molecule has 0 saturated heterocycles. The molecule has 1 unspecified atom stereocenters. The van der Waals surface area contributed by atoms with Gasteiger partial charge < -0.3 is 21.8 Å². The number of hydrogen-bond donors (Lipinski definition) is 4. The van der Waals surface area contributed by atoms with Gasteiger partial charge in [-0.15, -0.1) is 0 Å². The minimum absolute atomic E-state index is 0.0112. The summed E-state index contributed by atoms with van der Waals surface area (Å²) >= 11 is 0. The molecule has 0 amide bonds. The van der Waals surface area contributed by atoms with Crippen molar-refractivity contribution < 1.29 is 0 Å². The SMILES string of the molecule is [C-]#[N+]c1c(N)nc(N)nc1NC(C)c1c(-c2ccccc2)[nH]c2ccccc2c1=O. The Kier molecular flexibility index (Phi) is 4.78. The van der Waals surface area contributed by atoms with Gasteiger partial charge >= 0.3 is 0 Å². The predicted octanol–water partition coefficient (Wildman–Crippen LogP) is 3.87. The van der Waals surface area contributed by atoms with Crippen LogP contribution in [0.5, 0.6) is 0 Å². The van der Waals surface area contributed by atoms with Crippen LogP contribution >= 0.6 is 0 Å². The Labute approximate surface area is 172 Å². The van der Waals surface area contributed by atoms with Gasteiger partial charge in [-0.25, -0.2) is 14.8 Å². The highest BCUT2D eigenvalue weighted by atomic mass is 16.1. The molecule has 0 aliphatic carbocycles. The van der Waals surface area contributed by atoms with Gasteiger partial charge in [0.2, 0.25) is 5.95 Å². The fraction of sp³-hybridized carbons (Fsp3) is 0.0909. The molecule has 0 saturated carbocycles. The number of H-pyrrole nitrogens is 1. The number of hydrogen-bond acceptors (Lipinski definition) is 6. The van der Waals surface area contributed by atoms with Gasteiger partial charge in [-0.05, 0) is 24.6 Å². The van der Waals surface area contributed by atoms with Gasteiger partial charge in [0.1, 0.15) is 11.6 Å². The molecule has 4 rings (SSSR count). The minimum Gasteiger partial charge on any atom is -0.392 e. The number of nitrogens with two attached hydrogens (primary N) is 2. The van der Waals surface area contributed by atoms with Gasteiger partial charge in [-0.1, -0.05) is 42.5 Å². The van der Waals surface area contributed by atoms with E-state index in [0.717, 1.165) is 11.1 Å². The van der Waals surface area contributed by atoms with Crippen LogP contribution < -0.4 is 22.2 Å². The van der Waals surface area contributed by atoms with Crippen molar-refractivity contribution in [2.45, 2.75) is 13.0 Å². The molecule has 8 heteroatoms. The van der Waals surface area contributed by atoms with E-state index in [1.165, 1.54) is 0 Å². The van der Waals surface area contributed by atoms with Gasteiger partial charge in [-0.2, -0.15) is 0 Å². The van der Waals surface area contributed by atoms with Crippen molar-refractivity contribution in [3.63, 3.8) is 0 Å². The highest BCUT2D eigenvalue weighted by Gasteiger charge is 2.21. The summed E-state index contributed by atoms with van der Waals surface area (Å²) in [5, 5.41) is 3.71. The third kappa shape index (κ3) is 3.29. The Hall–Kier alpha value is -4.38. The Morgan fingerprint density at radius 2 is 1.77 bits per heavy atom. The average molecular weight is 397 g/mol. The largest absolute Gasteiger partial charge is 0.392 e. The van der Waals surface area contributed by atoms with Gasteiger partial charge in [-0.3, -0.25) is 4.79 Å². The number of nitrogen functional groups attached to an aromatic ring is 2. The third-order valence-electron chi connectivity index (χ3n) is 4.83. The van der Waals surface area contributed by atoms with E-state index in [2.05, 4.69) is 25.1 Å². The number of para-hydroxylation sites is 1. The molecule has 0 aliphatic rings. The number of nitrogens with zero attached hydrogens (tertiary/aromatic N) is 3. The van der Waals surface area contributed by atoms with Gasteiger partial charge in [0, 0.05) is 16.5 Å². The number of nitrogens with one attached hydrogen (secondary N) is 2. The van der Waals surface area contributed by atoms with Crippen molar-refractivity contribution in [3.8, 4) is 11.3 Å². The molecular weight excluding hydrogens is 378 g/mol. The number of benzene rings is 2. The van der Waals surface area contributed by atoms with Crippen LogP contribution in [0, 0.1) is 6.57 Å². The van der Waals surface area contributed by atoms with Crippen molar-refractivity contribution in [1.82, 2.24) is 15.0 Å². The highest BCUT2D eigenvalue weighted by Crippen LogP contribution is 2.33. The third-order valence-corrected chi connectivity index (χ3v) is 4.83. The number of rotatable bonds is 4. The monoisotopic (exact) mass is 397 g/mol. The number of fused-ring (bicyclic) bond motifs is 1. The molecule has 2 aromatic heterocycles. The van der Waals surface area contributed by atoms with Crippen LogP contribution in [0.4, 0.5) is 23.3 Å². The van der Waals surface area contributed by atoms with Crippen LogP contribution in [-0.4, -0.2) is 15.0 Å². The molecule has 1 atom stereocenters. The maximum atomic E-state index is 13.4. The molecule has 4 aromatic rings. The zero-order chi connectivity index (χ0) is 21.3. The molecule has 0 aliphatic heterocycles. The molecule has 2 aromatic carbocycles. The standard InChI is InChI=1S/C22H19N7O/c1-12(26-21-18(25-2)20(23)28-22(24)29-21)16-17(13-8-4-3-5-9-13)27-15-11-7-6-10-14(15)19(16)30/h3-12H,1H3,(H,27,30)(H5,23,24,26,28,29). The molecule has 2 heterocycles. The van der Waals surface area contributed by atoms with E-state index in [1.807, 2.05) is 55.5 Å². The van der Waals surface area contributed by atoms with Crippen molar-refractivity contribution >= 4 is 34.2 Å². The quantitative estimate of drug-likeness (QED) is 0.387. The molecule has 0 radical (unpaired) electrons. The number of aromatic amines is 1. The normalized spacial score (nSPS) is 11.7. The first kappa shape index (κ1) is 19.0. The first-order valence-electron chi connectivity index (χ1n) is 9.27. The molecule has 148 valence electrons. The Morgan fingerprint density at radius 1 is 1.07 bits per heavy atom. The Bertz CT molecular complexity index is 1340. The summed E-state index contributed by atoms with van der Waals surface area (Å²) in [7, 11) is 0. The molecule has 0 fully saturated rings. The molecule has 8 nitrogen and oxygen atoms in total. The van der Waals surface area contributed by atoms with E-state index < -0.39 is 6.04 Å². The van der Waals surface area contributed by atoms with Gasteiger partial charge in [0.15, 0.2) is 5.43 Å². The van der Waals surface area contributed by atoms with Gasteiger partial charge in [0.25, 0.3) is 5.69 Å². The summed E-state index contributed by atoms with van der Waals surface area (Å²) in [6, 6.07) is 16.5. The summed E-state index contributed by atoms with van der Waals surface area (Å²) in [6.07, 6.45) is 0. The fourth-order valence-electron chi connectivity index (χ4n) is 3.47. The lowest BCUT2D eigenvalue weighted by Crippen LogP contribution is -2.21. The molecule has 30 heavy (non-hydrogen) atoms. The predicted molar refractivity (Wildman–Crippen MR) is 119 cm³/mol. The van der Waals surface area contributed by atoms with Crippen molar-refractivity contribution in [2.24, 2.45) is 0 Å². The molecule has 6 N–H and O–H groups in total. The lowest BCUT2D eigenvalue weighted by atomic mass is 9.98. The second-order valence-corrected chi connectivity index (χ2v) is 6.80.